The highest BCUT2D eigenvalue weighted by atomic mass is 16.1. The molecule has 7 heteroatoms. The molecule has 0 saturated carbocycles. The van der Waals surface area contributed by atoms with Crippen LogP contribution in [0.1, 0.15) is 41.2 Å². The fourth-order valence-corrected chi connectivity index (χ4v) is 3.34. The van der Waals surface area contributed by atoms with Crippen LogP contribution in [0, 0.1) is 27.7 Å². The fourth-order valence-electron chi connectivity index (χ4n) is 3.34. The molecule has 1 saturated heterocycles. The highest BCUT2D eigenvalue weighted by Gasteiger charge is 2.20. The summed E-state index contributed by atoms with van der Waals surface area (Å²) in [5, 5.41) is 11.0. The van der Waals surface area contributed by atoms with E-state index in [0.717, 1.165) is 54.3 Å². The van der Waals surface area contributed by atoms with Gasteiger partial charge in [-0.1, -0.05) is 0 Å². The number of carbonyl (C=O) groups excluding carboxylic acids is 1. The zero-order valence-electron chi connectivity index (χ0n) is 15.4. The summed E-state index contributed by atoms with van der Waals surface area (Å²) in [5.41, 5.74) is 4.51. The molecule has 2 aromatic heterocycles. The van der Waals surface area contributed by atoms with E-state index in [9.17, 15) is 4.79 Å². The summed E-state index contributed by atoms with van der Waals surface area (Å²) in [6.07, 6.45) is 2.47. The van der Waals surface area contributed by atoms with Crippen molar-refractivity contribution in [2.75, 3.05) is 13.1 Å². The van der Waals surface area contributed by atoms with Gasteiger partial charge in [0.15, 0.2) is 0 Å². The van der Waals surface area contributed by atoms with Crippen molar-refractivity contribution in [1.29, 1.82) is 0 Å². The third-order valence-electron chi connectivity index (χ3n) is 4.60. The van der Waals surface area contributed by atoms with E-state index in [0.29, 0.717) is 12.4 Å². The molecule has 0 aromatic carbocycles. The summed E-state index contributed by atoms with van der Waals surface area (Å²) in [6.45, 7) is 9.66. The highest BCUT2D eigenvalue weighted by molar-refractivity contribution is 5.79. The molecule has 0 bridgehead atoms. The molecule has 3 heterocycles. The maximum Gasteiger partial charge on any atom is 0.251 e. The molecule has 1 amide bonds. The molecule has 0 radical (unpaired) electrons. The van der Waals surface area contributed by atoms with Gasteiger partial charge in [-0.2, -0.15) is 5.10 Å². The van der Waals surface area contributed by atoms with Crippen LogP contribution in [0.5, 0.6) is 0 Å². The minimum atomic E-state index is 0.0424. The number of amides is 1. The lowest BCUT2D eigenvalue weighted by molar-refractivity contribution is -0.121. The van der Waals surface area contributed by atoms with E-state index in [1.165, 1.54) is 0 Å². The Bertz CT molecular complexity index is 756. The van der Waals surface area contributed by atoms with Crippen molar-refractivity contribution >= 4 is 5.91 Å². The quantitative estimate of drug-likeness (QED) is 0.875. The van der Waals surface area contributed by atoms with E-state index >= 15 is 0 Å². The second kappa shape index (κ2) is 7.31. The van der Waals surface area contributed by atoms with Gasteiger partial charge in [0.2, 0.25) is 5.91 Å². The van der Waals surface area contributed by atoms with E-state index in [2.05, 4.69) is 25.7 Å². The molecule has 1 aliphatic rings. The molecule has 3 rings (SSSR count). The van der Waals surface area contributed by atoms with Crippen LogP contribution >= 0.6 is 0 Å². The first-order chi connectivity index (χ1) is 11.9. The lowest BCUT2D eigenvalue weighted by Crippen LogP contribution is -2.46. The lowest BCUT2D eigenvalue weighted by Gasteiger charge is -2.23. The number of carbonyl (C=O) groups is 1. The summed E-state index contributed by atoms with van der Waals surface area (Å²) >= 11 is 0. The number of rotatable bonds is 4. The van der Waals surface area contributed by atoms with Gasteiger partial charge in [0.05, 0.1) is 12.1 Å². The minimum absolute atomic E-state index is 0.0424. The van der Waals surface area contributed by atoms with Gasteiger partial charge >= 0.3 is 0 Å². The van der Waals surface area contributed by atoms with Crippen LogP contribution in [-0.4, -0.2) is 44.8 Å². The molecule has 2 aromatic rings. The Morgan fingerprint density at radius 2 is 2.00 bits per heavy atom. The molecule has 2 N–H and O–H groups in total. The first-order valence-corrected chi connectivity index (χ1v) is 8.82. The molecule has 1 unspecified atom stereocenters. The van der Waals surface area contributed by atoms with Crippen molar-refractivity contribution in [1.82, 2.24) is 30.4 Å². The van der Waals surface area contributed by atoms with Crippen LogP contribution < -0.4 is 10.6 Å². The maximum atomic E-state index is 12.4. The van der Waals surface area contributed by atoms with Crippen LogP contribution in [0.25, 0.3) is 5.95 Å². The Morgan fingerprint density at radius 3 is 2.64 bits per heavy atom. The van der Waals surface area contributed by atoms with Crippen molar-refractivity contribution in [2.24, 2.45) is 0 Å². The van der Waals surface area contributed by atoms with Gasteiger partial charge in [0.1, 0.15) is 0 Å². The zero-order valence-corrected chi connectivity index (χ0v) is 15.4. The molecule has 25 heavy (non-hydrogen) atoms. The molecule has 7 nitrogen and oxygen atoms in total. The number of nitrogens with zero attached hydrogens (tertiary/aromatic N) is 4. The number of hydrogen-bond donors (Lipinski definition) is 2. The van der Waals surface area contributed by atoms with E-state index in [4.69, 9.17) is 0 Å². The van der Waals surface area contributed by atoms with Crippen LogP contribution in [0.2, 0.25) is 0 Å². The Balaban J connectivity index is 1.78. The smallest absolute Gasteiger partial charge is 0.251 e. The molecule has 1 aliphatic heterocycles. The van der Waals surface area contributed by atoms with E-state index in [1.54, 1.807) is 4.68 Å². The monoisotopic (exact) mass is 342 g/mol. The predicted molar refractivity (Wildman–Crippen MR) is 95.8 cm³/mol. The largest absolute Gasteiger partial charge is 0.352 e. The number of hydrogen-bond acceptors (Lipinski definition) is 5. The van der Waals surface area contributed by atoms with Gasteiger partial charge in [-0.15, -0.1) is 0 Å². The van der Waals surface area contributed by atoms with Crippen LogP contribution in [0.4, 0.5) is 0 Å². The van der Waals surface area contributed by atoms with Crippen LogP contribution in [0.15, 0.2) is 6.07 Å². The molecule has 134 valence electrons. The van der Waals surface area contributed by atoms with Crippen molar-refractivity contribution in [3.05, 3.63) is 34.4 Å². The summed E-state index contributed by atoms with van der Waals surface area (Å²) in [4.78, 5) is 21.4. The van der Waals surface area contributed by atoms with E-state index in [-0.39, 0.29) is 11.9 Å². The van der Waals surface area contributed by atoms with Crippen molar-refractivity contribution in [2.45, 2.75) is 53.0 Å². The standard InChI is InChI=1S/C18H26N6O/c1-11-8-12(2)21-18(20-11)24-14(4)16(13(3)23-24)9-17(25)22-15-6-5-7-19-10-15/h8,15,19H,5-7,9-10H2,1-4H3,(H,22,25). The lowest BCUT2D eigenvalue weighted by atomic mass is 10.1. The Labute approximate surface area is 148 Å². The van der Waals surface area contributed by atoms with E-state index in [1.807, 2.05) is 33.8 Å². The molecular formula is C18H26N6O. The Morgan fingerprint density at radius 1 is 1.28 bits per heavy atom. The molecule has 1 fully saturated rings. The third kappa shape index (κ3) is 4.04. The van der Waals surface area contributed by atoms with Gasteiger partial charge < -0.3 is 10.6 Å². The van der Waals surface area contributed by atoms with Gasteiger partial charge in [-0.25, -0.2) is 14.6 Å². The van der Waals surface area contributed by atoms with Crippen LogP contribution in [-0.2, 0) is 11.2 Å². The van der Waals surface area contributed by atoms with Crippen LogP contribution in [0.3, 0.4) is 0 Å². The van der Waals surface area contributed by atoms with Crippen molar-refractivity contribution in [3.8, 4) is 5.95 Å². The predicted octanol–water partition coefficient (Wildman–Crippen LogP) is 1.31. The van der Waals surface area contributed by atoms with Gasteiger partial charge in [-0.3, -0.25) is 4.79 Å². The number of aryl methyl sites for hydroxylation is 3. The third-order valence-corrected chi connectivity index (χ3v) is 4.60. The molecule has 0 aliphatic carbocycles. The highest BCUT2D eigenvalue weighted by Crippen LogP contribution is 2.17. The fraction of sp³-hybridized carbons (Fsp3) is 0.556. The van der Waals surface area contributed by atoms with Crippen molar-refractivity contribution in [3.63, 3.8) is 0 Å². The van der Waals surface area contributed by atoms with Gasteiger partial charge in [0, 0.05) is 35.2 Å². The first kappa shape index (κ1) is 17.5. The second-order valence-corrected chi connectivity index (χ2v) is 6.80. The summed E-state index contributed by atoms with van der Waals surface area (Å²) in [5.74, 6) is 0.599. The average molecular weight is 342 g/mol. The topological polar surface area (TPSA) is 84.7 Å². The molecule has 1 atom stereocenters. The van der Waals surface area contributed by atoms with Crippen molar-refractivity contribution < 1.29 is 4.79 Å². The second-order valence-electron chi connectivity index (χ2n) is 6.80. The Kier molecular flexibility index (Phi) is 5.13. The normalized spacial score (nSPS) is 17.5. The molecule has 0 spiro atoms. The van der Waals surface area contributed by atoms with Gasteiger partial charge in [-0.05, 0) is 53.1 Å². The number of nitrogens with one attached hydrogen (secondary N) is 2. The summed E-state index contributed by atoms with van der Waals surface area (Å²) in [7, 11) is 0. The first-order valence-electron chi connectivity index (χ1n) is 8.82. The molecular weight excluding hydrogens is 316 g/mol. The summed E-state index contributed by atoms with van der Waals surface area (Å²) < 4.78 is 1.74. The number of aromatic nitrogens is 4. The zero-order chi connectivity index (χ0) is 18.0. The van der Waals surface area contributed by atoms with E-state index < -0.39 is 0 Å². The number of piperidine rings is 1. The summed E-state index contributed by atoms with van der Waals surface area (Å²) in [6, 6.07) is 2.15. The van der Waals surface area contributed by atoms with Gasteiger partial charge in [0.25, 0.3) is 5.95 Å². The SMILES string of the molecule is Cc1cc(C)nc(-n2nc(C)c(CC(=O)NC3CCCNC3)c2C)n1. The minimum Gasteiger partial charge on any atom is -0.352 e. The average Bonchev–Trinajstić information content (AvgIpc) is 2.83. The Hall–Kier alpha value is -2.28. The maximum absolute atomic E-state index is 12.4.